The highest BCUT2D eigenvalue weighted by molar-refractivity contribution is 8.00. The predicted octanol–water partition coefficient (Wildman–Crippen LogP) is 3.78. The molecule has 3 rings (SSSR count). The number of hydrogen-bond donors (Lipinski definition) is 1. The molecular formula is C15H15N3O2S2. The van der Waals surface area contributed by atoms with E-state index in [0.717, 1.165) is 10.9 Å². The molecule has 0 unspecified atom stereocenters. The van der Waals surface area contributed by atoms with E-state index in [2.05, 4.69) is 15.2 Å². The minimum Gasteiger partial charge on any atom is -0.415 e. The number of benzene rings is 1. The van der Waals surface area contributed by atoms with Crippen LogP contribution in [0.4, 0.5) is 0 Å². The number of H-pyrrole nitrogens is 1. The summed E-state index contributed by atoms with van der Waals surface area (Å²) in [6.45, 7) is 1.85. The molecule has 114 valence electrons. The van der Waals surface area contributed by atoms with E-state index in [1.807, 2.05) is 37.4 Å². The van der Waals surface area contributed by atoms with E-state index in [4.69, 9.17) is 4.42 Å². The van der Waals surface area contributed by atoms with Gasteiger partial charge in [-0.25, -0.2) is 0 Å². The maximum absolute atomic E-state index is 12.6. The molecule has 7 heteroatoms. The lowest BCUT2D eigenvalue weighted by Gasteiger charge is -2.06. The number of rotatable bonds is 6. The van der Waals surface area contributed by atoms with Crippen molar-refractivity contribution in [1.29, 1.82) is 0 Å². The van der Waals surface area contributed by atoms with Crippen molar-refractivity contribution in [2.24, 2.45) is 0 Å². The Kier molecular flexibility index (Phi) is 4.54. The van der Waals surface area contributed by atoms with Gasteiger partial charge in [-0.15, -0.1) is 10.2 Å². The first-order valence-electron chi connectivity index (χ1n) is 6.77. The van der Waals surface area contributed by atoms with Crippen molar-refractivity contribution in [1.82, 2.24) is 15.2 Å². The fraction of sp³-hybridized carbons (Fsp3) is 0.267. The summed E-state index contributed by atoms with van der Waals surface area (Å²) in [5.74, 6) is 1.31. The van der Waals surface area contributed by atoms with E-state index in [-0.39, 0.29) is 11.0 Å². The molecule has 1 atom stereocenters. The van der Waals surface area contributed by atoms with Crippen molar-refractivity contribution in [2.75, 3.05) is 6.26 Å². The maximum Gasteiger partial charge on any atom is 0.277 e. The number of ketones is 1. The number of nitrogens with zero attached hydrogens (tertiary/aromatic N) is 2. The minimum absolute atomic E-state index is 0.0482. The lowest BCUT2D eigenvalue weighted by Crippen LogP contribution is -2.13. The number of hydrogen-bond acceptors (Lipinski definition) is 6. The van der Waals surface area contributed by atoms with Gasteiger partial charge in [-0.2, -0.15) is 11.8 Å². The maximum atomic E-state index is 12.6. The summed E-state index contributed by atoms with van der Waals surface area (Å²) in [4.78, 5) is 15.7. The van der Waals surface area contributed by atoms with Gasteiger partial charge in [0.1, 0.15) is 0 Å². The molecule has 0 saturated heterocycles. The molecule has 22 heavy (non-hydrogen) atoms. The molecule has 1 N–H and O–H groups in total. The van der Waals surface area contributed by atoms with Crippen molar-refractivity contribution < 1.29 is 9.21 Å². The third-order valence-corrected chi connectivity index (χ3v) is 4.69. The van der Waals surface area contributed by atoms with Crippen LogP contribution in [-0.2, 0) is 5.75 Å². The Morgan fingerprint density at radius 1 is 1.36 bits per heavy atom. The number of fused-ring (bicyclic) bond motifs is 1. The number of Topliss-reactive ketones (excluding diaryl/α,β-unsaturated/α-hetero) is 1. The largest absolute Gasteiger partial charge is 0.415 e. The van der Waals surface area contributed by atoms with Crippen LogP contribution in [0.25, 0.3) is 10.9 Å². The van der Waals surface area contributed by atoms with Crippen molar-refractivity contribution in [3.63, 3.8) is 0 Å². The van der Waals surface area contributed by atoms with Gasteiger partial charge in [0.05, 0.1) is 11.0 Å². The number of carbonyl (C=O) groups is 1. The Bertz CT molecular complexity index is 797. The smallest absolute Gasteiger partial charge is 0.277 e. The molecule has 0 aliphatic carbocycles. The van der Waals surface area contributed by atoms with Crippen LogP contribution in [0.5, 0.6) is 0 Å². The fourth-order valence-electron chi connectivity index (χ4n) is 2.17. The van der Waals surface area contributed by atoms with Crippen LogP contribution >= 0.6 is 23.5 Å². The highest BCUT2D eigenvalue weighted by Gasteiger charge is 2.22. The minimum atomic E-state index is -0.290. The molecular weight excluding hydrogens is 318 g/mol. The van der Waals surface area contributed by atoms with E-state index in [9.17, 15) is 4.79 Å². The third-order valence-electron chi connectivity index (χ3n) is 3.22. The highest BCUT2D eigenvalue weighted by atomic mass is 32.2. The molecule has 0 bridgehead atoms. The Labute approximate surface area is 136 Å². The van der Waals surface area contributed by atoms with Gasteiger partial charge in [0.2, 0.25) is 5.89 Å². The second-order valence-electron chi connectivity index (χ2n) is 4.77. The van der Waals surface area contributed by atoms with Crippen LogP contribution in [0.2, 0.25) is 0 Å². The summed E-state index contributed by atoms with van der Waals surface area (Å²) in [7, 11) is 0. The zero-order valence-electron chi connectivity index (χ0n) is 12.2. The van der Waals surface area contributed by atoms with E-state index in [1.54, 1.807) is 18.0 Å². The average Bonchev–Trinajstić information content (AvgIpc) is 3.13. The molecule has 0 amide bonds. The average molecular weight is 333 g/mol. The molecule has 0 aliphatic heterocycles. The monoisotopic (exact) mass is 333 g/mol. The molecule has 2 aromatic heterocycles. The van der Waals surface area contributed by atoms with Gasteiger partial charge in [0.15, 0.2) is 5.78 Å². The molecule has 0 saturated carbocycles. The standard InChI is InChI=1S/C15H15N3O2S2/c1-9(22-15-18-17-13(20-15)8-21-2)14(19)11-7-16-12-6-4-3-5-10(11)12/h3-7,9,16H,8H2,1-2H3/t9-/m0/s1. The van der Waals surface area contributed by atoms with E-state index >= 15 is 0 Å². The van der Waals surface area contributed by atoms with E-state index in [1.165, 1.54) is 11.8 Å². The van der Waals surface area contributed by atoms with Gasteiger partial charge >= 0.3 is 0 Å². The molecule has 3 aromatic rings. The van der Waals surface area contributed by atoms with Crippen molar-refractivity contribution in [2.45, 2.75) is 23.1 Å². The van der Waals surface area contributed by atoms with E-state index < -0.39 is 0 Å². The number of aromatic amines is 1. The number of carbonyl (C=O) groups excluding carboxylic acids is 1. The molecule has 0 aliphatic rings. The molecule has 1 aromatic carbocycles. The first-order valence-corrected chi connectivity index (χ1v) is 9.04. The molecule has 0 fully saturated rings. The molecule has 5 nitrogen and oxygen atoms in total. The van der Waals surface area contributed by atoms with Crippen LogP contribution in [0.15, 0.2) is 40.1 Å². The van der Waals surface area contributed by atoms with Gasteiger partial charge < -0.3 is 9.40 Å². The zero-order valence-corrected chi connectivity index (χ0v) is 13.8. The van der Waals surface area contributed by atoms with Gasteiger partial charge in [0.25, 0.3) is 5.22 Å². The lowest BCUT2D eigenvalue weighted by atomic mass is 10.1. The normalized spacial score (nSPS) is 12.6. The second-order valence-corrected chi connectivity index (χ2v) is 6.93. The molecule has 2 heterocycles. The van der Waals surface area contributed by atoms with Crippen LogP contribution in [0.1, 0.15) is 23.2 Å². The second kappa shape index (κ2) is 6.58. The Morgan fingerprint density at radius 3 is 3.00 bits per heavy atom. The first kappa shape index (κ1) is 15.2. The SMILES string of the molecule is CSCc1nnc(S[C@@H](C)C(=O)c2c[nH]c3ccccc23)o1. The van der Waals surface area contributed by atoms with Gasteiger partial charge in [-0.05, 0) is 19.2 Å². The van der Waals surface area contributed by atoms with E-state index in [0.29, 0.717) is 22.4 Å². The summed E-state index contributed by atoms with van der Waals surface area (Å²) < 4.78 is 5.51. The highest BCUT2D eigenvalue weighted by Crippen LogP contribution is 2.27. The summed E-state index contributed by atoms with van der Waals surface area (Å²) >= 11 is 2.91. The Morgan fingerprint density at radius 2 is 2.18 bits per heavy atom. The van der Waals surface area contributed by atoms with Crippen LogP contribution < -0.4 is 0 Å². The zero-order chi connectivity index (χ0) is 15.5. The van der Waals surface area contributed by atoms with Crippen LogP contribution in [0.3, 0.4) is 0 Å². The van der Waals surface area contributed by atoms with Crippen LogP contribution in [-0.4, -0.2) is 32.5 Å². The topological polar surface area (TPSA) is 71.8 Å². The van der Waals surface area contributed by atoms with Crippen molar-refractivity contribution in [3.05, 3.63) is 41.9 Å². The Balaban J connectivity index is 1.76. The Hall–Kier alpha value is -1.73. The van der Waals surface area contributed by atoms with Crippen molar-refractivity contribution in [3.8, 4) is 0 Å². The first-order chi connectivity index (χ1) is 10.7. The van der Waals surface area contributed by atoms with Gasteiger partial charge in [-0.3, -0.25) is 4.79 Å². The molecule has 0 radical (unpaired) electrons. The summed E-state index contributed by atoms with van der Waals surface area (Å²) in [6.07, 6.45) is 3.73. The van der Waals surface area contributed by atoms with Gasteiger partial charge in [0, 0.05) is 22.7 Å². The number of nitrogens with one attached hydrogen (secondary N) is 1. The molecule has 0 spiro atoms. The summed E-state index contributed by atoms with van der Waals surface area (Å²) in [5, 5.41) is 9.01. The third kappa shape index (κ3) is 3.05. The fourth-order valence-corrected chi connectivity index (χ4v) is 3.30. The number of thioether (sulfide) groups is 2. The van der Waals surface area contributed by atoms with Crippen LogP contribution in [0, 0.1) is 0 Å². The number of para-hydroxylation sites is 1. The number of aromatic nitrogens is 3. The summed E-state index contributed by atoms with van der Waals surface area (Å²) in [5.41, 5.74) is 1.66. The quantitative estimate of drug-likeness (QED) is 0.547. The van der Waals surface area contributed by atoms with Gasteiger partial charge in [-0.1, -0.05) is 30.0 Å². The lowest BCUT2D eigenvalue weighted by molar-refractivity contribution is 0.0995. The predicted molar refractivity (Wildman–Crippen MR) is 89.5 cm³/mol. The van der Waals surface area contributed by atoms with Crippen molar-refractivity contribution >= 4 is 40.2 Å². The summed E-state index contributed by atoms with van der Waals surface area (Å²) in [6, 6.07) is 7.77.